The molecular weight excluding hydrogens is 276 g/mol. The maximum Gasteiger partial charge on any atom is 0.197 e. The number of carbonyl (C=O) groups excluding carboxylic acids is 1. The Morgan fingerprint density at radius 3 is 2.00 bits per heavy atom. The fourth-order valence-electron chi connectivity index (χ4n) is 2.43. The van der Waals surface area contributed by atoms with Gasteiger partial charge in [0.05, 0.1) is 5.56 Å². The predicted molar refractivity (Wildman–Crippen MR) is 85.1 cm³/mol. The molecule has 2 N–H and O–H groups in total. The SMILES string of the molecule is O=C(c1ccccc1)c1c(O)cc(O)cc1-c1ccccc1. The molecule has 22 heavy (non-hydrogen) atoms. The van der Waals surface area contributed by atoms with Gasteiger partial charge in [0.25, 0.3) is 0 Å². The fourth-order valence-corrected chi connectivity index (χ4v) is 2.43. The highest BCUT2D eigenvalue weighted by molar-refractivity contribution is 6.14. The third-order valence-electron chi connectivity index (χ3n) is 3.45. The molecule has 0 saturated heterocycles. The lowest BCUT2D eigenvalue weighted by atomic mass is 9.93. The average Bonchev–Trinajstić information content (AvgIpc) is 2.55. The largest absolute Gasteiger partial charge is 0.508 e. The molecule has 0 aromatic heterocycles. The van der Waals surface area contributed by atoms with E-state index in [2.05, 4.69) is 0 Å². The molecule has 3 aromatic rings. The lowest BCUT2D eigenvalue weighted by Crippen LogP contribution is -2.04. The zero-order valence-electron chi connectivity index (χ0n) is 11.7. The summed E-state index contributed by atoms with van der Waals surface area (Å²) < 4.78 is 0. The van der Waals surface area contributed by atoms with Crippen LogP contribution in [0.1, 0.15) is 15.9 Å². The molecule has 0 atom stereocenters. The molecule has 0 amide bonds. The fraction of sp³-hybridized carbons (Fsp3) is 0. The van der Waals surface area contributed by atoms with E-state index in [0.29, 0.717) is 11.1 Å². The Balaban J connectivity index is 2.21. The molecule has 3 rings (SSSR count). The average molecular weight is 290 g/mol. The first-order valence-corrected chi connectivity index (χ1v) is 6.88. The summed E-state index contributed by atoms with van der Waals surface area (Å²) in [5.74, 6) is -0.592. The number of carbonyl (C=O) groups is 1. The molecule has 3 nitrogen and oxygen atoms in total. The van der Waals surface area contributed by atoms with Gasteiger partial charge in [0, 0.05) is 17.2 Å². The van der Waals surface area contributed by atoms with Crippen LogP contribution >= 0.6 is 0 Å². The van der Waals surface area contributed by atoms with Crippen LogP contribution in [0.2, 0.25) is 0 Å². The molecule has 0 unspecified atom stereocenters. The Bertz CT molecular complexity index is 809. The smallest absolute Gasteiger partial charge is 0.197 e. The van der Waals surface area contributed by atoms with Crippen molar-refractivity contribution in [2.75, 3.05) is 0 Å². The van der Waals surface area contributed by atoms with Crippen LogP contribution in [-0.4, -0.2) is 16.0 Å². The van der Waals surface area contributed by atoms with Crippen LogP contribution in [-0.2, 0) is 0 Å². The van der Waals surface area contributed by atoms with E-state index in [-0.39, 0.29) is 22.8 Å². The van der Waals surface area contributed by atoms with Crippen LogP contribution in [0.3, 0.4) is 0 Å². The standard InChI is InChI=1S/C19H14O3/c20-15-11-16(13-7-3-1-4-8-13)18(17(21)12-15)19(22)14-9-5-2-6-10-14/h1-12,20-21H. The molecule has 0 heterocycles. The maximum absolute atomic E-state index is 12.7. The minimum Gasteiger partial charge on any atom is -0.508 e. The highest BCUT2D eigenvalue weighted by Gasteiger charge is 2.20. The Hall–Kier alpha value is -3.07. The highest BCUT2D eigenvalue weighted by Crippen LogP contribution is 2.35. The lowest BCUT2D eigenvalue weighted by Gasteiger charge is -2.12. The van der Waals surface area contributed by atoms with Crippen molar-refractivity contribution < 1.29 is 15.0 Å². The molecule has 3 heteroatoms. The van der Waals surface area contributed by atoms with Crippen molar-refractivity contribution in [2.45, 2.75) is 0 Å². The van der Waals surface area contributed by atoms with Crippen molar-refractivity contribution in [3.05, 3.63) is 83.9 Å². The molecule has 0 aliphatic rings. The first-order valence-electron chi connectivity index (χ1n) is 6.88. The lowest BCUT2D eigenvalue weighted by molar-refractivity contribution is 0.103. The number of aromatic hydroxyl groups is 2. The quantitative estimate of drug-likeness (QED) is 0.717. The minimum absolute atomic E-state index is 0.0824. The maximum atomic E-state index is 12.7. The molecule has 108 valence electrons. The van der Waals surface area contributed by atoms with E-state index in [0.717, 1.165) is 5.56 Å². The van der Waals surface area contributed by atoms with Crippen molar-refractivity contribution >= 4 is 5.78 Å². The van der Waals surface area contributed by atoms with E-state index < -0.39 is 0 Å². The minimum atomic E-state index is -0.281. The predicted octanol–water partition coefficient (Wildman–Crippen LogP) is 4.00. The van der Waals surface area contributed by atoms with Crippen molar-refractivity contribution in [1.82, 2.24) is 0 Å². The van der Waals surface area contributed by atoms with E-state index in [1.54, 1.807) is 24.3 Å². The van der Waals surface area contributed by atoms with E-state index in [1.165, 1.54) is 12.1 Å². The Morgan fingerprint density at radius 2 is 1.36 bits per heavy atom. The van der Waals surface area contributed by atoms with Gasteiger partial charge in [0.2, 0.25) is 0 Å². The van der Waals surface area contributed by atoms with Gasteiger partial charge in [-0.15, -0.1) is 0 Å². The summed E-state index contributed by atoms with van der Waals surface area (Å²) >= 11 is 0. The van der Waals surface area contributed by atoms with Gasteiger partial charge in [-0.1, -0.05) is 60.7 Å². The molecular formula is C19H14O3. The number of hydrogen-bond acceptors (Lipinski definition) is 3. The van der Waals surface area contributed by atoms with E-state index in [9.17, 15) is 15.0 Å². The van der Waals surface area contributed by atoms with Gasteiger partial charge in [0.15, 0.2) is 5.78 Å². The van der Waals surface area contributed by atoms with Gasteiger partial charge in [-0.2, -0.15) is 0 Å². The van der Waals surface area contributed by atoms with E-state index >= 15 is 0 Å². The third-order valence-corrected chi connectivity index (χ3v) is 3.45. The number of benzene rings is 3. The second kappa shape index (κ2) is 5.74. The van der Waals surface area contributed by atoms with Crippen LogP contribution in [0.4, 0.5) is 0 Å². The first kappa shape index (κ1) is 13.9. The number of phenols is 2. The van der Waals surface area contributed by atoms with Crippen LogP contribution in [0.25, 0.3) is 11.1 Å². The third kappa shape index (κ3) is 2.56. The molecule has 3 aromatic carbocycles. The summed E-state index contributed by atoms with van der Waals surface area (Å²) in [6.07, 6.45) is 0. The zero-order chi connectivity index (χ0) is 15.5. The van der Waals surface area contributed by atoms with Crippen molar-refractivity contribution in [1.29, 1.82) is 0 Å². The molecule has 0 radical (unpaired) electrons. The number of hydrogen-bond donors (Lipinski definition) is 2. The monoisotopic (exact) mass is 290 g/mol. The molecule has 0 bridgehead atoms. The van der Waals surface area contributed by atoms with Gasteiger partial charge in [-0.25, -0.2) is 0 Å². The van der Waals surface area contributed by atoms with E-state index in [1.807, 2.05) is 36.4 Å². The summed E-state index contributed by atoms with van der Waals surface area (Å²) in [5, 5.41) is 19.9. The summed E-state index contributed by atoms with van der Waals surface area (Å²) in [5.41, 5.74) is 1.94. The van der Waals surface area contributed by atoms with Crippen LogP contribution in [0.15, 0.2) is 72.8 Å². The van der Waals surface area contributed by atoms with Gasteiger partial charge >= 0.3 is 0 Å². The Morgan fingerprint density at radius 1 is 0.773 bits per heavy atom. The number of ketones is 1. The summed E-state index contributed by atoms with van der Waals surface area (Å²) in [6.45, 7) is 0. The first-order chi connectivity index (χ1) is 10.7. The van der Waals surface area contributed by atoms with Gasteiger partial charge < -0.3 is 10.2 Å². The normalized spacial score (nSPS) is 10.4. The van der Waals surface area contributed by atoms with Crippen LogP contribution in [0, 0.1) is 0 Å². The second-order valence-electron chi connectivity index (χ2n) is 4.95. The Kier molecular flexibility index (Phi) is 3.62. The summed E-state index contributed by atoms with van der Waals surface area (Å²) in [6, 6.07) is 20.6. The summed E-state index contributed by atoms with van der Waals surface area (Å²) in [4.78, 5) is 12.7. The van der Waals surface area contributed by atoms with Gasteiger partial charge in [0.1, 0.15) is 11.5 Å². The Labute approximate surface area is 128 Å². The second-order valence-corrected chi connectivity index (χ2v) is 4.95. The molecule has 0 aliphatic heterocycles. The summed E-state index contributed by atoms with van der Waals surface area (Å²) in [7, 11) is 0. The molecule has 0 saturated carbocycles. The number of phenolic OH excluding ortho intramolecular Hbond substituents is 2. The van der Waals surface area contributed by atoms with Crippen molar-refractivity contribution in [3.8, 4) is 22.6 Å². The number of rotatable bonds is 3. The van der Waals surface area contributed by atoms with Gasteiger partial charge in [-0.3, -0.25) is 4.79 Å². The molecule has 0 aliphatic carbocycles. The van der Waals surface area contributed by atoms with Crippen molar-refractivity contribution in [3.63, 3.8) is 0 Å². The van der Waals surface area contributed by atoms with Crippen LogP contribution in [0.5, 0.6) is 11.5 Å². The van der Waals surface area contributed by atoms with E-state index in [4.69, 9.17) is 0 Å². The van der Waals surface area contributed by atoms with Crippen LogP contribution < -0.4 is 0 Å². The molecule has 0 spiro atoms. The van der Waals surface area contributed by atoms with Crippen molar-refractivity contribution in [2.24, 2.45) is 0 Å². The zero-order valence-corrected chi connectivity index (χ0v) is 11.7. The molecule has 0 fully saturated rings. The topological polar surface area (TPSA) is 57.5 Å². The van der Waals surface area contributed by atoms with Gasteiger partial charge in [-0.05, 0) is 11.6 Å². The highest BCUT2D eigenvalue weighted by atomic mass is 16.3.